The molecule has 5 aromatic heterocycles. The van der Waals surface area contributed by atoms with Crippen molar-refractivity contribution in [3.63, 3.8) is 0 Å². The van der Waals surface area contributed by atoms with E-state index in [9.17, 15) is 48.9 Å². The SMILES string of the molecule is CCC(C(=O)N1CCN(c2ccc(OC)cc2)CC1)n1nc(C)c2sc3ccccc3c2c1=O.CCOC(=O)C1(CCCc2ccccc2)CCCN(C(=O)c2ccc3c(c2)OCO3)C1.COC(O)c1ccc(C(c2c(O)c3ccccc3oc2=O)c2c(O)c3ccccc3oc2=O)cc1.Cc1cc(C)c(-c2cc(NC(=O)CSC3=NCC(C4CC4)=N3)n(-c3ccccc3)n2)cc1C. The molecule has 3 atom stereocenters. The second-order valence-electron chi connectivity index (χ2n) is 33.5. The fourth-order valence-corrected chi connectivity index (χ4v) is 19.3. The summed E-state index contributed by atoms with van der Waals surface area (Å²) >= 11 is 2.97. The number of amidine groups is 1. The lowest BCUT2D eigenvalue weighted by Crippen LogP contribution is -2.51. The van der Waals surface area contributed by atoms with E-state index in [2.05, 4.69) is 70.3 Å². The number of methoxy groups -OCH3 is 2. The molecule has 9 heterocycles. The third-order valence-electron chi connectivity index (χ3n) is 24.8. The number of carbonyl (C=O) groups excluding carboxylic acids is 4. The molecular weight excluding hydrogens is 1730 g/mol. The molecule has 4 aliphatic heterocycles. The maximum Gasteiger partial charge on any atom is 0.344 e. The highest BCUT2D eigenvalue weighted by atomic mass is 32.2. The Morgan fingerprint density at radius 3 is 1.94 bits per heavy atom. The molecule has 19 rings (SSSR count). The Morgan fingerprint density at radius 1 is 0.654 bits per heavy atom. The number of likely N-dealkylation sites (tertiary alicyclic amines) is 1. The first-order valence-corrected chi connectivity index (χ1v) is 46.4. The van der Waals surface area contributed by atoms with Gasteiger partial charge in [-0.05, 0) is 211 Å². The van der Waals surface area contributed by atoms with Crippen LogP contribution in [0.1, 0.15) is 138 Å². The number of hydrogen-bond acceptors (Lipinski definition) is 24. The number of aliphatic imine (C=N–C) groups is 2. The molecule has 0 spiro atoms. The molecular formula is C104H104N10O17S2. The number of thioether (sulfide) groups is 1. The second kappa shape index (κ2) is 41.2. The first-order chi connectivity index (χ1) is 64.5. The first-order valence-electron chi connectivity index (χ1n) is 44.6. The summed E-state index contributed by atoms with van der Waals surface area (Å²) in [6.07, 6.45) is 5.76. The number of esters is 1. The summed E-state index contributed by atoms with van der Waals surface area (Å²) in [4.78, 5) is 107. The van der Waals surface area contributed by atoms with Crippen LogP contribution < -0.4 is 41.2 Å². The largest absolute Gasteiger partial charge is 0.507 e. The number of aryl methyl sites for hydroxylation is 5. The molecule has 0 bridgehead atoms. The fraction of sp³-hybridized carbons (Fsp3) is 0.298. The van der Waals surface area contributed by atoms with E-state index >= 15 is 0 Å². The molecule has 2 saturated heterocycles. The van der Waals surface area contributed by atoms with Crippen molar-refractivity contribution < 1.29 is 67.0 Å². The Kier molecular flexibility index (Phi) is 28.6. The van der Waals surface area contributed by atoms with Crippen LogP contribution in [0, 0.1) is 39.0 Å². The molecule has 9 aromatic carbocycles. The minimum absolute atomic E-state index is 0.0373. The van der Waals surface area contributed by atoms with Gasteiger partial charge in [-0.1, -0.05) is 140 Å². The van der Waals surface area contributed by atoms with Crippen molar-refractivity contribution in [3.8, 4) is 45.7 Å². The Morgan fingerprint density at radius 2 is 1.29 bits per heavy atom. The van der Waals surface area contributed by atoms with Gasteiger partial charge >= 0.3 is 17.2 Å². The summed E-state index contributed by atoms with van der Waals surface area (Å²) in [6.45, 7) is 16.9. The van der Waals surface area contributed by atoms with Crippen LogP contribution in [0.4, 0.5) is 11.5 Å². The van der Waals surface area contributed by atoms with E-state index < -0.39 is 34.9 Å². The molecule has 1 aliphatic carbocycles. The van der Waals surface area contributed by atoms with Crippen molar-refractivity contribution in [1.82, 2.24) is 29.4 Å². The van der Waals surface area contributed by atoms with Crippen LogP contribution in [0.2, 0.25) is 0 Å². The van der Waals surface area contributed by atoms with E-state index in [1.54, 1.807) is 107 Å². The predicted molar refractivity (Wildman–Crippen MR) is 518 cm³/mol. The van der Waals surface area contributed by atoms with Crippen molar-refractivity contribution in [1.29, 1.82) is 0 Å². The quantitative estimate of drug-likeness (QED) is 0.0262. The molecule has 29 heteroatoms. The van der Waals surface area contributed by atoms with Crippen LogP contribution in [0.25, 0.3) is 59.1 Å². The first kappa shape index (κ1) is 92.3. The lowest BCUT2D eigenvalue weighted by Gasteiger charge is -2.41. The Bertz CT molecular complexity index is 6800. The van der Waals surface area contributed by atoms with Crippen molar-refractivity contribution >= 4 is 111 Å². The zero-order valence-electron chi connectivity index (χ0n) is 75.2. The zero-order valence-corrected chi connectivity index (χ0v) is 76.9. The zero-order chi connectivity index (χ0) is 93.1. The second-order valence-corrected chi connectivity index (χ2v) is 35.5. The predicted octanol–water partition coefficient (Wildman–Crippen LogP) is 17.9. The van der Waals surface area contributed by atoms with Gasteiger partial charge in [-0.15, -0.1) is 11.3 Å². The van der Waals surface area contributed by atoms with E-state index in [4.69, 9.17) is 37.6 Å². The molecule has 0 radical (unpaired) electrons. The summed E-state index contributed by atoms with van der Waals surface area (Å²) in [5.74, 6) is 1.17. The number of ether oxygens (including phenoxy) is 5. The van der Waals surface area contributed by atoms with Crippen molar-refractivity contribution in [2.24, 2.45) is 21.3 Å². The highest BCUT2D eigenvalue weighted by Gasteiger charge is 2.45. The number of anilines is 2. The summed E-state index contributed by atoms with van der Waals surface area (Å²) in [5, 5.41) is 47.7. The number of rotatable bonds is 23. The van der Waals surface area contributed by atoms with E-state index in [1.807, 2.05) is 129 Å². The molecule has 3 unspecified atom stereocenters. The molecule has 3 fully saturated rings. The van der Waals surface area contributed by atoms with Gasteiger partial charge in [0.25, 0.3) is 11.5 Å². The highest BCUT2D eigenvalue weighted by Crippen LogP contribution is 2.45. The number of aromatic hydroxyl groups is 2. The maximum atomic E-state index is 13.6. The van der Waals surface area contributed by atoms with Gasteiger partial charge in [0.2, 0.25) is 18.6 Å². The number of aliphatic hydroxyl groups is 1. The van der Waals surface area contributed by atoms with E-state index in [1.165, 1.54) is 70.9 Å². The Balaban J connectivity index is 0.000000129. The summed E-state index contributed by atoms with van der Waals surface area (Å²) in [5.41, 5.74) is 9.39. The molecule has 4 N–H and O–H groups in total. The number of carbonyl (C=O) groups is 4. The van der Waals surface area contributed by atoms with Crippen molar-refractivity contribution in [2.45, 2.75) is 111 Å². The van der Waals surface area contributed by atoms with Crippen LogP contribution >= 0.6 is 23.1 Å². The van der Waals surface area contributed by atoms with Gasteiger partial charge in [-0.3, -0.25) is 29.0 Å². The number of aliphatic hydroxyl groups excluding tert-OH is 1. The lowest BCUT2D eigenvalue weighted by molar-refractivity contribution is -0.159. The van der Waals surface area contributed by atoms with Crippen LogP contribution in [0.3, 0.4) is 0 Å². The number of nitrogens with one attached hydrogen (secondary N) is 1. The van der Waals surface area contributed by atoms with Crippen LogP contribution in [-0.2, 0) is 30.3 Å². The van der Waals surface area contributed by atoms with Gasteiger partial charge in [0.1, 0.15) is 40.3 Å². The molecule has 14 aromatic rings. The average Bonchev–Trinajstić information content (AvgIpc) is 1.73. The maximum absolute atomic E-state index is 13.6. The molecule has 684 valence electrons. The number of nitrogens with zero attached hydrogens (tertiary/aromatic N) is 9. The minimum atomic E-state index is -1.24. The molecule has 133 heavy (non-hydrogen) atoms. The van der Waals surface area contributed by atoms with Crippen LogP contribution in [0.5, 0.6) is 28.7 Å². The minimum Gasteiger partial charge on any atom is -0.507 e. The number of piperidine rings is 1. The smallest absolute Gasteiger partial charge is 0.344 e. The lowest BCUT2D eigenvalue weighted by atomic mass is 9.75. The Hall–Kier alpha value is -14.0. The molecule has 5 aliphatic rings. The van der Waals surface area contributed by atoms with Crippen molar-refractivity contribution in [3.05, 3.63) is 305 Å². The normalized spacial score (nSPS) is 15.6. The number of aromatic nitrogens is 4. The summed E-state index contributed by atoms with van der Waals surface area (Å²) < 4.78 is 42.5. The molecule has 27 nitrogen and oxygen atoms in total. The van der Waals surface area contributed by atoms with Gasteiger partial charge < -0.3 is 67.9 Å². The van der Waals surface area contributed by atoms with Crippen LogP contribution in [-0.4, -0.2) is 158 Å². The third-order valence-corrected chi connectivity index (χ3v) is 27.0. The number of hydrogen-bond donors (Lipinski definition) is 4. The number of piperazine rings is 1. The molecule has 1 saturated carbocycles. The molecule has 3 amide bonds. The fourth-order valence-electron chi connectivity index (χ4n) is 17.5. The standard InChI is InChI=1S/C27H20O8.C26H27N5OS.C26H28N4O3S.C25H29NO5/c1-33-25(30)15-12-10-14(11-13-15)20(21-23(28)16-6-2-4-8-18(16)34-26(21)31)22-24(29)17-7-3-5-9-19(17)35-27(22)32;1-16-11-18(3)21(12-17(16)2)22-13-24(31(30-22)20-7-5-4-6-8-20)29-25(32)15-33-26-27-14-23(28-26)19-9-10-19;1-4-21(25(31)29-15-13-28(14-16-29)18-9-11-19(33-3)12-10-18)30-26(32)23-20-7-5-6-8-22(20)34-24(23)17(2)27-30;1-2-29-24(28)25(13-6-10-19-8-4-3-5-9-19)14-7-15-26(17-25)23(27)20-11-12-21-22(16-20)31-18-30-21/h2-13,20,25,28-30H,1H3;4-8,11-13,19H,9-10,14-15H2,1-3H3,(H,29,32);5-12,21H,4,13-16H2,1-3H3;3-5,8-9,11-12,16H,2,6-7,10,13-15,17-18H2,1H3. The topological polar surface area (TPSA) is 335 Å². The highest BCUT2D eigenvalue weighted by molar-refractivity contribution is 8.14. The van der Waals surface area contributed by atoms with Gasteiger partial charge in [-0.25, -0.2) is 23.9 Å². The van der Waals surface area contributed by atoms with E-state index in [0.717, 1.165) is 98.4 Å². The summed E-state index contributed by atoms with van der Waals surface area (Å²) in [7, 11) is 3.00. The monoisotopic (exact) mass is 1830 g/mol. The van der Waals surface area contributed by atoms with Gasteiger partial charge in [0, 0.05) is 90.6 Å². The average molecular weight is 1830 g/mol. The van der Waals surface area contributed by atoms with Gasteiger partial charge in [-0.2, -0.15) is 10.2 Å². The number of para-hydroxylation sites is 3. The van der Waals surface area contributed by atoms with Crippen molar-refractivity contribution in [2.75, 3.05) is 89.4 Å². The number of fused-ring (bicyclic) bond motifs is 6. The van der Waals surface area contributed by atoms with E-state index in [-0.39, 0.29) is 86.4 Å². The number of benzene rings is 9. The summed E-state index contributed by atoms with van der Waals surface area (Å²) in [6, 6.07) is 66.1. The van der Waals surface area contributed by atoms with Gasteiger partial charge in [0.15, 0.2) is 23.0 Å². The Labute approximate surface area is 775 Å². The van der Waals surface area contributed by atoms with E-state index in [0.29, 0.717) is 97.5 Å². The van der Waals surface area contributed by atoms with Gasteiger partial charge in [0.05, 0.1) is 86.4 Å². The van der Waals surface area contributed by atoms with Crippen LogP contribution in [0.15, 0.2) is 252 Å². The number of amides is 3. The third kappa shape index (κ3) is 20.4. The number of thiophene rings is 1.